The zero-order chi connectivity index (χ0) is 26.5. The first kappa shape index (κ1) is 25.7. The predicted octanol–water partition coefficient (Wildman–Crippen LogP) is 6.01. The van der Waals surface area contributed by atoms with E-state index < -0.39 is 0 Å². The number of hydrogen-bond donors (Lipinski definition) is 3. The number of piperidine rings is 1. The van der Waals surface area contributed by atoms with E-state index in [-0.39, 0.29) is 17.9 Å². The van der Waals surface area contributed by atoms with E-state index >= 15 is 0 Å². The van der Waals surface area contributed by atoms with Crippen molar-refractivity contribution >= 4 is 34.3 Å². The lowest BCUT2D eigenvalue weighted by molar-refractivity contribution is -0.121. The van der Waals surface area contributed by atoms with Crippen LogP contribution in [0, 0.1) is 5.92 Å². The van der Waals surface area contributed by atoms with E-state index in [1.165, 1.54) is 0 Å². The number of aromatic nitrogens is 2. The summed E-state index contributed by atoms with van der Waals surface area (Å²) in [5.74, 6) is 1.51. The van der Waals surface area contributed by atoms with Crippen LogP contribution >= 0.6 is 0 Å². The van der Waals surface area contributed by atoms with Crippen LogP contribution in [0.5, 0.6) is 0 Å². The molecule has 1 aromatic heterocycles. The number of carbonyl (C=O) groups is 1. The summed E-state index contributed by atoms with van der Waals surface area (Å²) in [6.45, 7) is 6.59. The molecule has 3 aromatic carbocycles. The monoisotopic (exact) mass is 508 g/mol. The van der Waals surface area contributed by atoms with Gasteiger partial charge in [0.15, 0.2) is 0 Å². The molecule has 4 aromatic rings. The molecule has 1 unspecified atom stereocenters. The molecule has 0 saturated carbocycles. The third-order valence-corrected chi connectivity index (χ3v) is 6.87. The summed E-state index contributed by atoms with van der Waals surface area (Å²) in [5, 5.41) is 11.0. The Kier molecular flexibility index (Phi) is 7.84. The number of hydrogen-bond acceptors (Lipinski definition) is 6. The fourth-order valence-electron chi connectivity index (χ4n) is 4.97. The largest absolute Gasteiger partial charge is 0.365 e. The van der Waals surface area contributed by atoms with Gasteiger partial charge in [0, 0.05) is 30.2 Å². The van der Waals surface area contributed by atoms with Gasteiger partial charge in [-0.1, -0.05) is 48.5 Å². The van der Waals surface area contributed by atoms with E-state index in [9.17, 15) is 4.79 Å². The second-order valence-electron chi connectivity index (χ2n) is 10.4. The summed E-state index contributed by atoms with van der Waals surface area (Å²) in [5.41, 5.74) is 5.03. The molecular weight excluding hydrogens is 472 g/mol. The van der Waals surface area contributed by atoms with E-state index in [4.69, 9.17) is 9.97 Å². The van der Waals surface area contributed by atoms with Gasteiger partial charge in [0.05, 0.1) is 11.4 Å². The molecule has 1 aliphatic rings. The first-order valence-electron chi connectivity index (χ1n) is 13.4. The van der Waals surface area contributed by atoms with E-state index in [2.05, 4.69) is 78.1 Å². The van der Waals surface area contributed by atoms with Crippen molar-refractivity contribution in [3.8, 4) is 11.1 Å². The van der Waals surface area contributed by atoms with Crippen LogP contribution in [0.2, 0.25) is 0 Å². The van der Waals surface area contributed by atoms with Gasteiger partial charge < -0.3 is 20.9 Å². The zero-order valence-corrected chi connectivity index (χ0v) is 22.4. The Labute approximate surface area is 224 Å². The van der Waals surface area contributed by atoms with Crippen molar-refractivity contribution in [3.63, 3.8) is 0 Å². The van der Waals surface area contributed by atoms with Gasteiger partial charge in [-0.15, -0.1) is 0 Å². The van der Waals surface area contributed by atoms with Crippen molar-refractivity contribution in [2.75, 3.05) is 36.1 Å². The molecule has 1 amide bonds. The number of amides is 1. The summed E-state index contributed by atoms with van der Waals surface area (Å²) >= 11 is 0. The molecule has 1 aliphatic heterocycles. The summed E-state index contributed by atoms with van der Waals surface area (Å²) in [6.07, 6.45) is 2.00. The van der Waals surface area contributed by atoms with Gasteiger partial charge in [-0.3, -0.25) is 4.79 Å². The van der Waals surface area contributed by atoms with Crippen LogP contribution in [0.3, 0.4) is 0 Å². The summed E-state index contributed by atoms with van der Waals surface area (Å²) < 4.78 is 0. The summed E-state index contributed by atoms with van der Waals surface area (Å²) in [4.78, 5) is 24.6. The van der Waals surface area contributed by atoms with Crippen molar-refractivity contribution in [3.05, 3.63) is 78.4 Å². The molecule has 0 bridgehead atoms. The number of rotatable bonds is 8. The lowest BCUT2D eigenvalue weighted by atomic mass is 9.97. The molecule has 0 spiro atoms. The highest BCUT2D eigenvalue weighted by molar-refractivity contribution is 5.94. The standard InChI is InChI=1S/C31H36N6O/c1-21(2)33-31-35-28-15-14-24(23-10-5-4-6-11-23)18-27(28)29(36-31)32-19-22-9-7-13-26(17-22)34-30(38)25-12-8-16-37(3)20-25/h4-7,9-11,13-15,17-18,21,25H,8,12,16,19-20H2,1-3H3,(H,34,38)(H2,32,33,35,36). The number of nitrogens with zero attached hydrogens (tertiary/aromatic N) is 3. The molecule has 1 fully saturated rings. The average molecular weight is 509 g/mol. The predicted molar refractivity (Wildman–Crippen MR) is 156 cm³/mol. The van der Waals surface area contributed by atoms with Crippen LogP contribution < -0.4 is 16.0 Å². The Morgan fingerprint density at radius 1 is 1.00 bits per heavy atom. The lowest BCUT2D eigenvalue weighted by Gasteiger charge is -2.28. The average Bonchev–Trinajstić information content (AvgIpc) is 2.92. The van der Waals surface area contributed by atoms with Crippen molar-refractivity contribution in [2.24, 2.45) is 5.92 Å². The van der Waals surface area contributed by atoms with Crippen molar-refractivity contribution in [1.82, 2.24) is 14.9 Å². The highest BCUT2D eigenvalue weighted by Crippen LogP contribution is 2.29. The highest BCUT2D eigenvalue weighted by atomic mass is 16.1. The molecule has 38 heavy (non-hydrogen) atoms. The minimum Gasteiger partial charge on any atom is -0.365 e. The minimum absolute atomic E-state index is 0.0357. The normalized spacial score (nSPS) is 15.9. The number of benzene rings is 3. The lowest BCUT2D eigenvalue weighted by Crippen LogP contribution is -2.38. The second-order valence-corrected chi connectivity index (χ2v) is 10.4. The van der Waals surface area contributed by atoms with Crippen LogP contribution in [-0.4, -0.2) is 47.0 Å². The van der Waals surface area contributed by atoms with Gasteiger partial charge in [-0.05, 0) is 81.2 Å². The minimum atomic E-state index is 0.0357. The molecule has 7 nitrogen and oxygen atoms in total. The number of carbonyl (C=O) groups excluding carboxylic acids is 1. The van der Waals surface area contributed by atoms with Crippen LogP contribution in [0.1, 0.15) is 32.3 Å². The smallest absolute Gasteiger partial charge is 0.228 e. The molecule has 0 aliphatic carbocycles. The third kappa shape index (κ3) is 6.29. The SMILES string of the molecule is CC(C)Nc1nc(NCc2cccc(NC(=O)C3CCCN(C)C3)c2)c2cc(-c3ccccc3)ccc2n1. The van der Waals surface area contributed by atoms with Crippen molar-refractivity contribution < 1.29 is 4.79 Å². The van der Waals surface area contributed by atoms with Gasteiger partial charge in [0.2, 0.25) is 11.9 Å². The molecule has 2 heterocycles. The van der Waals surface area contributed by atoms with Gasteiger partial charge in [0.1, 0.15) is 5.82 Å². The van der Waals surface area contributed by atoms with E-state index in [1.807, 2.05) is 36.4 Å². The maximum atomic E-state index is 12.8. The highest BCUT2D eigenvalue weighted by Gasteiger charge is 2.24. The molecule has 1 saturated heterocycles. The van der Waals surface area contributed by atoms with E-state index in [0.717, 1.165) is 65.0 Å². The maximum absolute atomic E-state index is 12.8. The Balaban J connectivity index is 1.37. The molecule has 3 N–H and O–H groups in total. The summed E-state index contributed by atoms with van der Waals surface area (Å²) in [6, 6.07) is 24.9. The van der Waals surface area contributed by atoms with Crippen LogP contribution in [0.15, 0.2) is 72.8 Å². The Morgan fingerprint density at radius 3 is 2.63 bits per heavy atom. The number of likely N-dealkylation sites (tertiary alicyclic amines) is 1. The van der Waals surface area contributed by atoms with Gasteiger partial charge >= 0.3 is 0 Å². The number of fused-ring (bicyclic) bond motifs is 1. The van der Waals surface area contributed by atoms with Gasteiger partial charge in [-0.25, -0.2) is 4.98 Å². The van der Waals surface area contributed by atoms with E-state index in [1.54, 1.807) is 0 Å². The number of nitrogens with one attached hydrogen (secondary N) is 3. The molecule has 1 atom stereocenters. The Bertz CT molecular complexity index is 1400. The quantitative estimate of drug-likeness (QED) is 0.270. The fraction of sp³-hybridized carbons (Fsp3) is 0.323. The first-order valence-corrected chi connectivity index (χ1v) is 13.4. The molecular formula is C31H36N6O. The Hall–Kier alpha value is -3.97. The number of anilines is 3. The molecule has 0 radical (unpaired) electrons. The molecule has 7 heteroatoms. The first-order chi connectivity index (χ1) is 18.4. The van der Waals surface area contributed by atoms with Gasteiger partial charge in [0.25, 0.3) is 0 Å². The topological polar surface area (TPSA) is 82.2 Å². The summed E-state index contributed by atoms with van der Waals surface area (Å²) in [7, 11) is 2.08. The van der Waals surface area contributed by atoms with Crippen LogP contribution in [-0.2, 0) is 11.3 Å². The molecule has 196 valence electrons. The Morgan fingerprint density at radius 2 is 1.84 bits per heavy atom. The zero-order valence-electron chi connectivity index (χ0n) is 22.4. The van der Waals surface area contributed by atoms with Crippen molar-refractivity contribution in [2.45, 2.75) is 39.3 Å². The fourth-order valence-corrected chi connectivity index (χ4v) is 4.97. The van der Waals surface area contributed by atoms with Crippen LogP contribution in [0.25, 0.3) is 22.0 Å². The van der Waals surface area contributed by atoms with Crippen LogP contribution in [0.4, 0.5) is 17.5 Å². The third-order valence-electron chi connectivity index (χ3n) is 6.87. The maximum Gasteiger partial charge on any atom is 0.228 e. The second kappa shape index (κ2) is 11.6. The van der Waals surface area contributed by atoms with Crippen molar-refractivity contribution in [1.29, 1.82) is 0 Å². The van der Waals surface area contributed by atoms with Gasteiger partial charge in [-0.2, -0.15) is 4.98 Å². The van der Waals surface area contributed by atoms with E-state index in [0.29, 0.717) is 12.5 Å². The molecule has 5 rings (SSSR count).